The Balaban J connectivity index is 2.29. The molecule has 4 heteroatoms. The van der Waals surface area contributed by atoms with E-state index in [9.17, 15) is 4.79 Å². The van der Waals surface area contributed by atoms with Crippen molar-refractivity contribution in [1.82, 2.24) is 10.2 Å². The molecule has 2 atom stereocenters. The maximum absolute atomic E-state index is 11.7. The zero-order valence-corrected chi connectivity index (χ0v) is 10.7. The molecule has 1 rings (SSSR count). The lowest BCUT2D eigenvalue weighted by atomic mass is 9.97. The molecule has 2 unspecified atom stereocenters. The highest BCUT2D eigenvalue weighted by Crippen LogP contribution is 2.14. The van der Waals surface area contributed by atoms with Crippen LogP contribution in [0.3, 0.4) is 0 Å². The zero-order valence-electron chi connectivity index (χ0n) is 10.7. The summed E-state index contributed by atoms with van der Waals surface area (Å²) in [4.78, 5) is 13.5. The zero-order chi connectivity index (χ0) is 12.0. The first kappa shape index (κ1) is 13.5. The summed E-state index contributed by atoms with van der Waals surface area (Å²) < 4.78 is 5.69. The Bertz CT molecular complexity index is 217. The van der Waals surface area contributed by atoms with Gasteiger partial charge in [0, 0.05) is 19.6 Å². The van der Waals surface area contributed by atoms with E-state index in [1.54, 1.807) is 4.90 Å². The Kier molecular flexibility index (Phi) is 5.77. The molecule has 0 spiro atoms. The Hall–Kier alpha value is -0.610. The number of piperidine rings is 1. The van der Waals surface area contributed by atoms with E-state index in [2.05, 4.69) is 12.2 Å². The molecule has 0 aliphatic carbocycles. The van der Waals surface area contributed by atoms with Crippen molar-refractivity contribution < 1.29 is 9.53 Å². The number of amides is 1. The van der Waals surface area contributed by atoms with Gasteiger partial charge in [-0.25, -0.2) is 0 Å². The van der Waals surface area contributed by atoms with Gasteiger partial charge in [-0.3, -0.25) is 4.79 Å². The Morgan fingerprint density at radius 3 is 2.69 bits per heavy atom. The van der Waals surface area contributed by atoms with Gasteiger partial charge in [0.15, 0.2) is 0 Å². The van der Waals surface area contributed by atoms with Crippen LogP contribution < -0.4 is 5.32 Å². The van der Waals surface area contributed by atoms with Crippen LogP contribution in [-0.4, -0.2) is 49.7 Å². The monoisotopic (exact) mass is 228 g/mol. The van der Waals surface area contributed by atoms with Crippen LogP contribution in [0.1, 0.15) is 27.2 Å². The van der Waals surface area contributed by atoms with Gasteiger partial charge in [0.05, 0.1) is 6.10 Å². The highest BCUT2D eigenvalue weighted by atomic mass is 16.5. The molecule has 1 N–H and O–H groups in total. The summed E-state index contributed by atoms with van der Waals surface area (Å²) in [6.45, 7) is 9.84. The van der Waals surface area contributed by atoms with Crippen molar-refractivity contribution >= 4 is 5.91 Å². The van der Waals surface area contributed by atoms with Gasteiger partial charge in [-0.1, -0.05) is 6.92 Å². The second-order valence-corrected chi connectivity index (χ2v) is 4.39. The van der Waals surface area contributed by atoms with E-state index >= 15 is 0 Å². The molecule has 94 valence electrons. The summed E-state index contributed by atoms with van der Waals surface area (Å²) in [5, 5.41) is 3.30. The Labute approximate surface area is 98.3 Å². The van der Waals surface area contributed by atoms with E-state index in [1.807, 2.05) is 13.8 Å². The van der Waals surface area contributed by atoms with Gasteiger partial charge in [0.25, 0.3) is 0 Å². The van der Waals surface area contributed by atoms with Gasteiger partial charge in [-0.2, -0.15) is 0 Å². The molecule has 0 aromatic heterocycles. The summed E-state index contributed by atoms with van der Waals surface area (Å²) in [6, 6.07) is 0. The van der Waals surface area contributed by atoms with Crippen LogP contribution in [-0.2, 0) is 9.53 Å². The number of nitrogens with one attached hydrogen (secondary N) is 1. The maximum Gasteiger partial charge on any atom is 0.248 e. The fourth-order valence-electron chi connectivity index (χ4n) is 2.03. The number of carbonyl (C=O) groups is 1. The van der Waals surface area contributed by atoms with Gasteiger partial charge >= 0.3 is 0 Å². The fourth-order valence-corrected chi connectivity index (χ4v) is 2.03. The summed E-state index contributed by atoms with van der Waals surface area (Å²) in [6.07, 6.45) is 1.32. The smallest absolute Gasteiger partial charge is 0.248 e. The third kappa shape index (κ3) is 3.76. The van der Waals surface area contributed by atoms with Crippen molar-refractivity contribution in [2.24, 2.45) is 5.92 Å². The molecule has 0 radical (unpaired) electrons. The van der Waals surface area contributed by atoms with Crippen molar-refractivity contribution in [3.63, 3.8) is 0 Å². The third-order valence-electron chi connectivity index (χ3n) is 3.29. The molecule has 1 fully saturated rings. The van der Waals surface area contributed by atoms with E-state index < -0.39 is 0 Å². The van der Waals surface area contributed by atoms with Crippen LogP contribution in [0.15, 0.2) is 0 Å². The number of ether oxygens (including phenoxy) is 1. The highest BCUT2D eigenvalue weighted by molar-refractivity contribution is 5.77. The molecule has 0 aromatic rings. The van der Waals surface area contributed by atoms with Crippen LogP contribution in [0.25, 0.3) is 0 Å². The van der Waals surface area contributed by atoms with Crippen LogP contribution in [0.5, 0.6) is 0 Å². The van der Waals surface area contributed by atoms with E-state index in [0.717, 1.165) is 32.6 Å². The maximum atomic E-state index is 11.7. The topological polar surface area (TPSA) is 41.6 Å². The van der Waals surface area contributed by atoms with Crippen molar-refractivity contribution in [3.05, 3.63) is 0 Å². The van der Waals surface area contributed by atoms with Crippen molar-refractivity contribution in [2.75, 3.05) is 32.8 Å². The van der Waals surface area contributed by atoms with E-state index in [0.29, 0.717) is 5.92 Å². The fraction of sp³-hybridized carbons (Fsp3) is 0.917. The van der Waals surface area contributed by atoms with Gasteiger partial charge in [0.1, 0.15) is 6.61 Å². The number of hydrogen-bond donors (Lipinski definition) is 1. The second kappa shape index (κ2) is 6.86. The molecule has 16 heavy (non-hydrogen) atoms. The summed E-state index contributed by atoms with van der Waals surface area (Å²) in [5.74, 6) is 0.647. The number of carbonyl (C=O) groups excluding carboxylic acids is 1. The SMILES string of the molecule is CCN(CC)C(=O)COC1CNCCC1C. The summed E-state index contributed by atoms with van der Waals surface area (Å²) in [5.41, 5.74) is 0. The molecular formula is C12H24N2O2. The van der Waals surface area contributed by atoms with Gasteiger partial charge in [-0.05, 0) is 32.7 Å². The normalized spacial score (nSPS) is 25.4. The van der Waals surface area contributed by atoms with E-state index in [4.69, 9.17) is 4.74 Å². The minimum Gasteiger partial charge on any atom is -0.367 e. The predicted octanol–water partition coefficient (Wildman–Crippen LogP) is 0.869. The van der Waals surface area contributed by atoms with Crippen molar-refractivity contribution in [3.8, 4) is 0 Å². The molecule has 1 heterocycles. The third-order valence-corrected chi connectivity index (χ3v) is 3.29. The van der Waals surface area contributed by atoms with Gasteiger partial charge in [-0.15, -0.1) is 0 Å². The van der Waals surface area contributed by atoms with E-state index in [-0.39, 0.29) is 18.6 Å². The quantitative estimate of drug-likeness (QED) is 0.759. The average Bonchev–Trinajstić information content (AvgIpc) is 2.29. The standard InChI is InChI=1S/C12H24N2O2/c1-4-14(5-2)12(15)9-16-11-8-13-7-6-10(11)3/h10-11,13H,4-9H2,1-3H3. The summed E-state index contributed by atoms with van der Waals surface area (Å²) >= 11 is 0. The first-order valence-corrected chi connectivity index (χ1v) is 6.29. The molecule has 0 aromatic carbocycles. The first-order valence-electron chi connectivity index (χ1n) is 6.29. The minimum atomic E-state index is 0.0998. The van der Waals surface area contributed by atoms with Crippen LogP contribution in [0.2, 0.25) is 0 Å². The molecule has 1 aliphatic rings. The van der Waals surface area contributed by atoms with Crippen LogP contribution in [0, 0.1) is 5.92 Å². The lowest BCUT2D eigenvalue weighted by Gasteiger charge is -2.30. The molecule has 1 saturated heterocycles. The van der Waals surface area contributed by atoms with Crippen LogP contribution in [0.4, 0.5) is 0 Å². The Morgan fingerprint density at radius 2 is 2.12 bits per heavy atom. The molecule has 0 bridgehead atoms. The largest absolute Gasteiger partial charge is 0.367 e. The number of rotatable bonds is 5. The average molecular weight is 228 g/mol. The number of hydrogen-bond acceptors (Lipinski definition) is 3. The molecule has 4 nitrogen and oxygen atoms in total. The van der Waals surface area contributed by atoms with Crippen molar-refractivity contribution in [2.45, 2.75) is 33.3 Å². The molecule has 1 amide bonds. The van der Waals surface area contributed by atoms with E-state index in [1.165, 1.54) is 0 Å². The second-order valence-electron chi connectivity index (χ2n) is 4.39. The molecule has 0 saturated carbocycles. The highest BCUT2D eigenvalue weighted by Gasteiger charge is 2.23. The minimum absolute atomic E-state index is 0.0998. The van der Waals surface area contributed by atoms with Crippen molar-refractivity contribution in [1.29, 1.82) is 0 Å². The number of nitrogens with zero attached hydrogens (tertiary/aromatic N) is 1. The first-order chi connectivity index (χ1) is 7.69. The lowest BCUT2D eigenvalue weighted by Crippen LogP contribution is -2.43. The molecule has 1 aliphatic heterocycles. The predicted molar refractivity (Wildman–Crippen MR) is 64.3 cm³/mol. The van der Waals surface area contributed by atoms with Gasteiger partial charge in [0.2, 0.25) is 5.91 Å². The Morgan fingerprint density at radius 1 is 1.44 bits per heavy atom. The van der Waals surface area contributed by atoms with Gasteiger partial charge < -0.3 is 15.0 Å². The molecular weight excluding hydrogens is 204 g/mol. The van der Waals surface area contributed by atoms with Crippen LogP contribution >= 0.6 is 0 Å². The number of likely N-dealkylation sites (N-methyl/N-ethyl adjacent to an activating group) is 1. The lowest BCUT2D eigenvalue weighted by molar-refractivity contribution is -0.139. The summed E-state index contributed by atoms with van der Waals surface area (Å²) in [7, 11) is 0.